The second-order valence-corrected chi connectivity index (χ2v) is 12.5. The van der Waals surface area contributed by atoms with Crippen molar-refractivity contribution in [3.63, 3.8) is 0 Å². The number of amides is 1. The fourth-order valence-electron chi connectivity index (χ4n) is 6.13. The monoisotopic (exact) mass is 594 g/mol. The van der Waals surface area contributed by atoms with Gasteiger partial charge in [-0.15, -0.1) is 11.8 Å². The first-order valence-electron chi connectivity index (χ1n) is 14.6. The SMILES string of the molecule is CSc1ccccc1CN1CCN(C(=O)[C@H](N)C2CCN(CCc3cc(Cl)ccc3-c3cccc(F)c3)CC2)CC1. The van der Waals surface area contributed by atoms with Crippen LogP contribution in [0.15, 0.2) is 71.6 Å². The Kier molecular flexibility index (Phi) is 10.4. The molecule has 0 bridgehead atoms. The minimum atomic E-state index is -0.437. The smallest absolute Gasteiger partial charge is 0.239 e. The van der Waals surface area contributed by atoms with E-state index in [-0.39, 0.29) is 17.6 Å². The standard InChI is InChI=1S/C33H40ClFN4OS/c1-41-31-8-3-2-5-27(31)23-38-17-19-39(20-18-38)33(40)32(36)24-11-14-37(15-12-24)16-13-26-21-28(34)9-10-30(26)25-6-4-7-29(35)22-25/h2-10,21-22,24,32H,11-20,23,36H2,1H3/t32-/m1/s1. The van der Waals surface area contributed by atoms with Gasteiger partial charge in [-0.05, 0) is 97.1 Å². The molecule has 5 rings (SSSR count). The van der Waals surface area contributed by atoms with E-state index >= 15 is 0 Å². The van der Waals surface area contributed by atoms with Gasteiger partial charge in [0.25, 0.3) is 0 Å². The molecule has 2 heterocycles. The maximum Gasteiger partial charge on any atom is 0.239 e. The zero-order chi connectivity index (χ0) is 28.8. The van der Waals surface area contributed by atoms with Crippen LogP contribution in [0.2, 0.25) is 5.02 Å². The highest BCUT2D eigenvalue weighted by atomic mass is 35.5. The molecule has 3 aromatic rings. The molecule has 2 saturated heterocycles. The van der Waals surface area contributed by atoms with E-state index in [9.17, 15) is 9.18 Å². The highest BCUT2D eigenvalue weighted by molar-refractivity contribution is 7.98. The normalized spacial score (nSPS) is 18.0. The van der Waals surface area contributed by atoms with E-state index in [0.29, 0.717) is 5.02 Å². The van der Waals surface area contributed by atoms with Crippen molar-refractivity contribution in [1.82, 2.24) is 14.7 Å². The molecule has 8 heteroatoms. The average Bonchev–Trinajstić information content (AvgIpc) is 3.00. The average molecular weight is 595 g/mol. The van der Waals surface area contributed by atoms with E-state index in [1.54, 1.807) is 23.9 Å². The van der Waals surface area contributed by atoms with Crippen LogP contribution < -0.4 is 5.73 Å². The van der Waals surface area contributed by atoms with Crippen molar-refractivity contribution in [3.05, 3.63) is 88.7 Å². The van der Waals surface area contributed by atoms with E-state index in [2.05, 4.69) is 40.3 Å². The molecule has 0 unspecified atom stereocenters. The Labute approximate surface area is 252 Å². The molecular formula is C33H40ClFN4OS. The van der Waals surface area contributed by atoms with Crippen LogP contribution >= 0.6 is 23.4 Å². The number of thioether (sulfide) groups is 1. The van der Waals surface area contributed by atoms with Gasteiger partial charge in [-0.1, -0.05) is 48.0 Å². The molecule has 2 fully saturated rings. The first kappa shape index (κ1) is 30.1. The highest BCUT2D eigenvalue weighted by Crippen LogP contribution is 2.29. The third kappa shape index (κ3) is 7.70. The Morgan fingerprint density at radius 1 is 0.951 bits per heavy atom. The molecule has 0 aliphatic carbocycles. The Balaban J connectivity index is 1.09. The van der Waals surface area contributed by atoms with Crippen molar-refractivity contribution in [2.45, 2.75) is 36.7 Å². The summed E-state index contributed by atoms with van der Waals surface area (Å²) in [5, 5.41) is 0.689. The van der Waals surface area contributed by atoms with Crippen molar-refractivity contribution in [1.29, 1.82) is 0 Å². The number of nitrogens with two attached hydrogens (primary N) is 1. The maximum atomic E-state index is 13.9. The Bertz CT molecular complexity index is 1320. The van der Waals surface area contributed by atoms with Crippen LogP contribution in [0.3, 0.4) is 0 Å². The van der Waals surface area contributed by atoms with Gasteiger partial charge in [0.15, 0.2) is 0 Å². The number of halogens is 2. The zero-order valence-electron chi connectivity index (χ0n) is 23.8. The maximum absolute atomic E-state index is 13.9. The largest absolute Gasteiger partial charge is 0.339 e. The number of carbonyl (C=O) groups excluding carboxylic acids is 1. The van der Waals surface area contributed by atoms with E-state index < -0.39 is 6.04 Å². The topological polar surface area (TPSA) is 52.8 Å². The van der Waals surface area contributed by atoms with Crippen molar-refractivity contribution in [3.8, 4) is 11.1 Å². The predicted molar refractivity (Wildman–Crippen MR) is 168 cm³/mol. The summed E-state index contributed by atoms with van der Waals surface area (Å²) in [7, 11) is 0. The Morgan fingerprint density at radius 3 is 2.44 bits per heavy atom. The summed E-state index contributed by atoms with van der Waals surface area (Å²) in [6.45, 7) is 6.87. The number of rotatable bonds is 9. The lowest BCUT2D eigenvalue weighted by molar-refractivity contribution is -0.136. The zero-order valence-corrected chi connectivity index (χ0v) is 25.3. The highest BCUT2D eigenvalue weighted by Gasteiger charge is 2.32. The summed E-state index contributed by atoms with van der Waals surface area (Å²) < 4.78 is 13.9. The molecule has 218 valence electrons. The van der Waals surface area contributed by atoms with Crippen molar-refractivity contribution >= 4 is 29.3 Å². The minimum absolute atomic E-state index is 0.103. The quantitative estimate of drug-likeness (QED) is 0.318. The number of likely N-dealkylation sites (tertiary alicyclic amines) is 1. The summed E-state index contributed by atoms with van der Waals surface area (Å²) in [6.07, 6.45) is 4.79. The summed E-state index contributed by atoms with van der Waals surface area (Å²) >= 11 is 8.10. The minimum Gasteiger partial charge on any atom is -0.339 e. The van der Waals surface area contributed by atoms with Crippen molar-refractivity contribution in [2.24, 2.45) is 11.7 Å². The third-order valence-electron chi connectivity index (χ3n) is 8.60. The van der Waals surface area contributed by atoms with Crippen LogP contribution in [-0.4, -0.2) is 78.7 Å². The number of nitrogens with zero attached hydrogens (tertiary/aromatic N) is 3. The fourth-order valence-corrected chi connectivity index (χ4v) is 6.94. The van der Waals surface area contributed by atoms with Gasteiger partial charge in [0, 0.05) is 49.2 Å². The molecular weight excluding hydrogens is 555 g/mol. The van der Waals surface area contributed by atoms with Crippen molar-refractivity contribution in [2.75, 3.05) is 52.1 Å². The summed E-state index contributed by atoms with van der Waals surface area (Å²) in [4.78, 5) is 21.5. The molecule has 2 aliphatic rings. The Morgan fingerprint density at radius 2 is 1.71 bits per heavy atom. The van der Waals surface area contributed by atoms with Gasteiger partial charge >= 0.3 is 0 Å². The molecule has 0 saturated carbocycles. The number of piperidine rings is 1. The molecule has 1 amide bonds. The van der Waals surface area contributed by atoms with Crippen LogP contribution in [-0.2, 0) is 17.8 Å². The first-order chi connectivity index (χ1) is 19.9. The second kappa shape index (κ2) is 14.2. The van der Waals surface area contributed by atoms with Crippen LogP contribution in [0.5, 0.6) is 0 Å². The number of hydrogen-bond donors (Lipinski definition) is 1. The van der Waals surface area contributed by atoms with Crippen LogP contribution in [0.25, 0.3) is 11.1 Å². The lowest BCUT2D eigenvalue weighted by atomic mass is 9.88. The summed E-state index contributed by atoms with van der Waals surface area (Å²) in [6, 6.07) is 20.7. The molecule has 0 aromatic heterocycles. The molecule has 1 atom stereocenters. The second-order valence-electron chi connectivity index (χ2n) is 11.2. The molecule has 41 heavy (non-hydrogen) atoms. The molecule has 2 N–H and O–H groups in total. The van der Waals surface area contributed by atoms with Gasteiger partial charge in [-0.2, -0.15) is 0 Å². The Hall–Kier alpha value is -2.42. The van der Waals surface area contributed by atoms with Crippen LogP contribution in [0.1, 0.15) is 24.0 Å². The molecule has 3 aromatic carbocycles. The van der Waals surface area contributed by atoms with Gasteiger partial charge in [0.1, 0.15) is 5.82 Å². The van der Waals surface area contributed by atoms with Crippen molar-refractivity contribution < 1.29 is 9.18 Å². The molecule has 0 radical (unpaired) electrons. The lowest BCUT2D eigenvalue weighted by Crippen LogP contribution is -2.55. The van der Waals surface area contributed by atoms with Gasteiger partial charge in [-0.3, -0.25) is 9.69 Å². The third-order valence-corrected chi connectivity index (χ3v) is 9.67. The van der Waals surface area contributed by atoms with Crippen LogP contribution in [0.4, 0.5) is 4.39 Å². The molecule has 2 aliphatic heterocycles. The lowest BCUT2D eigenvalue weighted by Gasteiger charge is -2.39. The first-order valence-corrected chi connectivity index (χ1v) is 16.2. The summed E-state index contributed by atoms with van der Waals surface area (Å²) in [5.41, 5.74) is 10.9. The van der Waals surface area contributed by atoms with Gasteiger partial charge < -0.3 is 15.5 Å². The van der Waals surface area contributed by atoms with E-state index in [1.165, 1.54) is 16.5 Å². The molecule has 0 spiro atoms. The fraction of sp³-hybridized carbons (Fsp3) is 0.424. The summed E-state index contributed by atoms with van der Waals surface area (Å²) in [5.74, 6) is 0.0701. The van der Waals surface area contributed by atoms with Crippen LogP contribution in [0, 0.1) is 11.7 Å². The van der Waals surface area contributed by atoms with Gasteiger partial charge in [0.2, 0.25) is 5.91 Å². The molecule has 5 nitrogen and oxygen atoms in total. The number of carbonyl (C=O) groups is 1. The van der Waals surface area contributed by atoms with E-state index in [0.717, 1.165) is 88.3 Å². The van der Waals surface area contributed by atoms with Gasteiger partial charge in [-0.25, -0.2) is 4.39 Å². The van der Waals surface area contributed by atoms with Gasteiger partial charge in [0.05, 0.1) is 6.04 Å². The predicted octanol–water partition coefficient (Wildman–Crippen LogP) is 5.79. The number of hydrogen-bond acceptors (Lipinski definition) is 5. The van der Waals surface area contributed by atoms with E-state index in [1.807, 2.05) is 29.2 Å². The number of piperazine rings is 1. The van der Waals surface area contributed by atoms with E-state index in [4.69, 9.17) is 17.3 Å². The number of benzene rings is 3.